The van der Waals surface area contributed by atoms with Crippen molar-refractivity contribution >= 4 is 50.3 Å². The van der Waals surface area contributed by atoms with Gasteiger partial charge in [0.25, 0.3) is 5.99 Å². The molecule has 0 atom stereocenters. The lowest BCUT2D eigenvalue weighted by molar-refractivity contribution is 0.488. The zero-order valence-corrected chi connectivity index (χ0v) is 25.7. The van der Waals surface area contributed by atoms with E-state index < -0.39 is 0 Å². The normalized spacial score (nSPS) is 12.8. The summed E-state index contributed by atoms with van der Waals surface area (Å²) in [4.78, 5) is 1.31. The fourth-order valence-corrected chi connectivity index (χ4v) is 8.82. The average Bonchev–Trinajstić information content (AvgIpc) is 3.46. The second-order valence-corrected chi connectivity index (χ2v) is 13.2. The molecule has 0 radical (unpaired) electrons. The van der Waals surface area contributed by atoms with Crippen molar-refractivity contribution in [3.63, 3.8) is 0 Å². The molecule has 0 spiro atoms. The summed E-state index contributed by atoms with van der Waals surface area (Å²) in [6.45, 7) is 0. The fourth-order valence-electron chi connectivity index (χ4n) is 7.42. The first-order chi connectivity index (χ1) is 22.8. The summed E-state index contributed by atoms with van der Waals surface area (Å²) in [5.41, 5.74) is 13.3. The molecule has 0 aliphatic carbocycles. The van der Waals surface area contributed by atoms with Crippen LogP contribution in [-0.4, -0.2) is 10.6 Å². The topological polar surface area (TPSA) is 14.2 Å². The molecule has 7 aromatic carbocycles. The van der Waals surface area contributed by atoms with Crippen LogP contribution in [0.3, 0.4) is 0 Å². The highest BCUT2D eigenvalue weighted by Crippen LogP contribution is 2.45. The fraction of sp³-hybridized carbons (Fsp3) is 0. The Kier molecular flexibility index (Phi) is 5.64. The van der Waals surface area contributed by atoms with Gasteiger partial charge in [-0.3, -0.25) is 0 Å². The number of hydrogen-bond acceptors (Lipinski definition) is 2. The quantitative estimate of drug-likeness (QED) is 0.187. The average molecular weight is 604 g/mol. The van der Waals surface area contributed by atoms with E-state index in [1.807, 2.05) is 11.6 Å². The van der Waals surface area contributed by atoms with Gasteiger partial charge in [-0.25, -0.2) is 0 Å². The number of aromatic nitrogens is 1. The van der Waals surface area contributed by atoms with E-state index in [0.717, 1.165) is 22.7 Å². The number of benzene rings is 7. The molecule has 1 aromatic heterocycles. The van der Waals surface area contributed by atoms with E-state index in [9.17, 15) is 0 Å². The first-order valence-electron chi connectivity index (χ1n) is 15.7. The van der Waals surface area contributed by atoms with Gasteiger partial charge in [0.2, 0.25) is 0 Å². The third kappa shape index (κ3) is 3.80. The van der Waals surface area contributed by atoms with E-state index in [1.54, 1.807) is 0 Å². The zero-order chi connectivity index (χ0) is 30.2. The van der Waals surface area contributed by atoms with Crippen molar-refractivity contribution in [2.24, 2.45) is 0 Å². The van der Waals surface area contributed by atoms with Crippen molar-refractivity contribution in [1.29, 1.82) is 0 Å². The molecule has 0 unspecified atom stereocenters. The van der Waals surface area contributed by atoms with Crippen LogP contribution in [0.1, 0.15) is 0 Å². The Hall–Kier alpha value is -5.45. The van der Waals surface area contributed by atoms with Gasteiger partial charge < -0.3 is 9.30 Å². The number of hydrogen-bond donors (Lipinski definition) is 0. The van der Waals surface area contributed by atoms with E-state index in [4.69, 9.17) is 4.74 Å². The van der Waals surface area contributed by atoms with Gasteiger partial charge in [0, 0.05) is 21.2 Å². The van der Waals surface area contributed by atoms with E-state index in [-0.39, 0.29) is 5.99 Å². The lowest BCUT2D eigenvalue weighted by Crippen LogP contribution is -2.46. The third-order valence-corrected chi connectivity index (χ3v) is 10.8. The molecule has 4 heteroatoms. The van der Waals surface area contributed by atoms with Gasteiger partial charge in [0.1, 0.15) is 11.5 Å². The minimum absolute atomic E-state index is 0.162. The van der Waals surface area contributed by atoms with E-state index in [0.29, 0.717) is 0 Å². The Morgan fingerprint density at radius 2 is 1.13 bits per heavy atom. The number of ether oxygens (including phenoxy) is 1. The van der Waals surface area contributed by atoms with Crippen molar-refractivity contribution in [2.75, 3.05) is 0 Å². The molecular weight excluding hydrogens is 577 g/mol. The molecular formula is C42H26BNOS. The molecule has 0 saturated heterocycles. The molecule has 3 heterocycles. The van der Waals surface area contributed by atoms with Crippen LogP contribution in [0.25, 0.3) is 60.9 Å². The van der Waals surface area contributed by atoms with E-state index in [2.05, 4.69) is 162 Å². The van der Waals surface area contributed by atoms with Crippen LogP contribution in [0.15, 0.2) is 163 Å². The first-order valence-corrected chi connectivity index (χ1v) is 16.6. The molecule has 2 nitrogen and oxygen atoms in total. The molecule has 0 saturated carbocycles. The molecule has 2 aliphatic rings. The number of fused-ring (bicyclic) bond motifs is 7. The summed E-state index contributed by atoms with van der Waals surface area (Å²) in [6, 6.07) is 56.9. The standard InChI is InChI=1S/C42H26BNOS/c1-2-12-27(13-3-1)29-24-34-33-17-7-11-21-41(33)46-43-35-23-22-28(25-39(35)45-40(26-29)42(34)43)30-14-4-8-18-36(30)44-37-19-9-5-15-31(37)32-16-6-10-20-38(32)44/h1-26H. The van der Waals surface area contributed by atoms with Crippen LogP contribution in [-0.2, 0) is 0 Å². The predicted molar refractivity (Wildman–Crippen MR) is 194 cm³/mol. The summed E-state index contributed by atoms with van der Waals surface area (Å²) >= 11 is 1.93. The highest BCUT2D eigenvalue weighted by Gasteiger charge is 2.38. The van der Waals surface area contributed by atoms with Gasteiger partial charge in [-0.1, -0.05) is 115 Å². The van der Waals surface area contributed by atoms with Crippen molar-refractivity contribution < 1.29 is 4.74 Å². The summed E-state index contributed by atoms with van der Waals surface area (Å²) < 4.78 is 9.32. The minimum atomic E-state index is 0.162. The molecule has 214 valence electrons. The van der Waals surface area contributed by atoms with Crippen LogP contribution in [0.5, 0.6) is 11.5 Å². The van der Waals surface area contributed by atoms with Crippen LogP contribution in [0.4, 0.5) is 0 Å². The Bertz CT molecular complexity index is 2450. The Morgan fingerprint density at radius 1 is 0.478 bits per heavy atom. The van der Waals surface area contributed by atoms with Crippen molar-refractivity contribution in [1.82, 2.24) is 4.57 Å². The molecule has 0 amide bonds. The van der Waals surface area contributed by atoms with Crippen molar-refractivity contribution in [3.05, 3.63) is 158 Å². The van der Waals surface area contributed by atoms with E-state index in [1.165, 1.54) is 65.4 Å². The number of para-hydroxylation sites is 3. The Balaban J connectivity index is 1.16. The summed E-state index contributed by atoms with van der Waals surface area (Å²) in [6.07, 6.45) is 0. The zero-order valence-electron chi connectivity index (χ0n) is 24.9. The molecule has 0 bridgehead atoms. The molecule has 0 fully saturated rings. The smallest absolute Gasteiger partial charge is 0.289 e. The molecule has 10 rings (SSSR count). The lowest BCUT2D eigenvalue weighted by atomic mass is 9.57. The summed E-state index contributed by atoms with van der Waals surface area (Å²) in [5, 5.41) is 2.52. The lowest BCUT2D eigenvalue weighted by Gasteiger charge is -2.33. The minimum Gasteiger partial charge on any atom is -0.458 e. The molecule has 46 heavy (non-hydrogen) atoms. The largest absolute Gasteiger partial charge is 0.458 e. The van der Waals surface area contributed by atoms with Crippen LogP contribution >= 0.6 is 11.6 Å². The maximum Gasteiger partial charge on any atom is 0.289 e. The Morgan fingerprint density at radius 3 is 1.93 bits per heavy atom. The highest BCUT2D eigenvalue weighted by atomic mass is 32.2. The second kappa shape index (κ2) is 10.0. The van der Waals surface area contributed by atoms with Gasteiger partial charge in [-0.2, -0.15) is 11.6 Å². The maximum atomic E-state index is 6.91. The maximum absolute atomic E-state index is 6.91. The van der Waals surface area contributed by atoms with Gasteiger partial charge >= 0.3 is 0 Å². The summed E-state index contributed by atoms with van der Waals surface area (Å²) in [5.74, 6) is 2.04. The first kappa shape index (κ1) is 25.8. The van der Waals surface area contributed by atoms with Gasteiger partial charge in [-0.15, -0.1) is 0 Å². The van der Waals surface area contributed by atoms with Gasteiger partial charge in [0.15, 0.2) is 0 Å². The number of rotatable bonds is 3. The van der Waals surface area contributed by atoms with Crippen LogP contribution in [0, 0.1) is 0 Å². The van der Waals surface area contributed by atoms with E-state index >= 15 is 0 Å². The van der Waals surface area contributed by atoms with Crippen molar-refractivity contribution in [2.45, 2.75) is 4.90 Å². The third-order valence-electron chi connectivity index (χ3n) is 9.49. The predicted octanol–water partition coefficient (Wildman–Crippen LogP) is 10.1. The molecule has 8 aromatic rings. The molecule has 2 aliphatic heterocycles. The summed E-state index contributed by atoms with van der Waals surface area (Å²) in [7, 11) is 0. The molecule has 0 N–H and O–H groups in total. The van der Waals surface area contributed by atoms with Crippen LogP contribution in [0.2, 0.25) is 0 Å². The second-order valence-electron chi connectivity index (χ2n) is 12.0. The Labute approximate surface area is 271 Å². The van der Waals surface area contributed by atoms with Gasteiger partial charge in [-0.05, 0) is 81.2 Å². The van der Waals surface area contributed by atoms with Crippen molar-refractivity contribution in [3.8, 4) is 50.6 Å². The van der Waals surface area contributed by atoms with Gasteiger partial charge in [0.05, 0.1) is 16.7 Å². The van der Waals surface area contributed by atoms with Crippen LogP contribution < -0.4 is 15.7 Å². The monoisotopic (exact) mass is 603 g/mol. The highest BCUT2D eigenvalue weighted by molar-refractivity contribution is 8.28. The number of nitrogens with zero attached hydrogens (tertiary/aromatic N) is 1. The SMILES string of the molecule is c1ccc(-c2cc3c4c(c2)-c2ccccc2SB4c2ccc(-c4ccccc4-n4c5ccccc5c5ccccc54)cc2O3)cc1.